The Morgan fingerprint density at radius 1 is 1.20 bits per heavy atom. The fourth-order valence-electron chi connectivity index (χ4n) is 1.89. The van der Waals surface area contributed by atoms with E-state index in [0.717, 1.165) is 5.56 Å². The van der Waals surface area contributed by atoms with Crippen LogP contribution in [0.15, 0.2) is 18.2 Å². The highest BCUT2D eigenvalue weighted by atomic mass is 35.5. The van der Waals surface area contributed by atoms with Gasteiger partial charge in [-0.1, -0.05) is 30.1 Å². The zero-order valence-electron chi connectivity index (χ0n) is 11.4. The number of carboxylic acid groups (broad SMARTS) is 1. The average molecular weight is 318 g/mol. The number of nitrogens with zero attached hydrogens (tertiary/aromatic N) is 1. The third-order valence-electron chi connectivity index (χ3n) is 2.81. The zero-order valence-corrected chi connectivity index (χ0v) is 12.9. The number of carbonyl (C=O) groups is 2. The van der Waals surface area contributed by atoms with E-state index in [1.165, 1.54) is 0 Å². The van der Waals surface area contributed by atoms with Crippen molar-refractivity contribution in [2.24, 2.45) is 5.92 Å². The zero-order chi connectivity index (χ0) is 15.3. The number of aliphatic carboxylic acids is 1. The highest BCUT2D eigenvalue weighted by Crippen LogP contribution is 2.20. The molecule has 110 valence electrons. The van der Waals surface area contributed by atoms with Crippen LogP contribution < -0.4 is 0 Å². The lowest BCUT2D eigenvalue weighted by molar-refractivity contribution is -0.138. The summed E-state index contributed by atoms with van der Waals surface area (Å²) in [5, 5.41) is 9.72. The largest absolute Gasteiger partial charge is 0.481 e. The van der Waals surface area contributed by atoms with E-state index in [9.17, 15) is 9.59 Å². The van der Waals surface area contributed by atoms with Crippen molar-refractivity contribution in [1.29, 1.82) is 0 Å². The maximum Gasteiger partial charge on any atom is 0.303 e. The number of hydrogen-bond donors (Lipinski definition) is 1. The van der Waals surface area contributed by atoms with Crippen LogP contribution in [0, 0.1) is 5.92 Å². The number of rotatable bonds is 6. The Morgan fingerprint density at radius 2 is 1.75 bits per heavy atom. The molecule has 0 saturated heterocycles. The highest BCUT2D eigenvalue weighted by Gasteiger charge is 2.16. The normalized spacial score (nSPS) is 12.0. The molecule has 0 heterocycles. The smallest absolute Gasteiger partial charge is 0.303 e. The van der Waals surface area contributed by atoms with E-state index in [-0.39, 0.29) is 24.7 Å². The molecule has 1 aromatic carbocycles. The van der Waals surface area contributed by atoms with E-state index in [2.05, 4.69) is 0 Å². The molecule has 4 nitrogen and oxygen atoms in total. The molecule has 0 spiro atoms. The monoisotopic (exact) mass is 317 g/mol. The summed E-state index contributed by atoms with van der Waals surface area (Å²) in [6.07, 6.45) is 0.194. The molecule has 0 aliphatic heterocycles. The average Bonchev–Trinajstić information content (AvgIpc) is 2.25. The molecule has 20 heavy (non-hydrogen) atoms. The lowest BCUT2D eigenvalue weighted by atomic mass is 10.0. The molecule has 0 bridgehead atoms. The van der Waals surface area contributed by atoms with Crippen molar-refractivity contribution in [2.45, 2.75) is 26.3 Å². The van der Waals surface area contributed by atoms with Gasteiger partial charge in [0.25, 0.3) is 0 Å². The Balaban J connectivity index is 2.59. The molecule has 1 aromatic rings. The molecule has 0 aliphatic carbocycles. The number of hydrogen-bond acceptors (Lipinski definition) is 2. The van der Waals surface area contributed by atoms with Gasteiger partial charge >= 0.3 is 5.97 Å². The third-order valence-corrected chi connectivity index (χ3v) is 3.25. The predicted molar refractivity (Wildman–Crippen MR) is 79.0 cm³/mol. The molecule has 1 unspecified atom stereocenters. The van der Waals surface area contributed by atoms with E-state index in [0.29, 0.717) is 16.6 Å². The molecule has 0 aliphatic rings. The van der Waals surface area contributed by atoms with Gasteiger partial charge in [-0.25, -0.2) is 0 Å². The summed E-state index contributed by atoms with van der Waals surface area (Å²) < 4.78 is 0. The summed E-state index contributed by atoms with van der Waals surface area (Å²) in [5.74, 6) is -1.19. The summed E-state index contributed by atoms with van der Waals surface area (Å²) >= 11 is 11.8. The number of amides is 1. The van der Waals surface area contributed by atoms with Crippen molar-refractivity contribution in [3.8, 4) is 0 Å². The fourth-order valence-corrected chi connectivity index (χ4v) is 2.46. The van der Waals surface area contributed by atoms with E-state index in [1.54, 1.807) is 37.1 Å². The molecule has 0 aromatic heterocycles. The van der Waals surface area contributed by atoms with Gasteiger partial charge in [-0.05, 0) is 29.7 Å². The van der Waals surface area contributed by atoms with Crippen LogP contribution in [0.4, 0.5) is 0 Å². The molecule has 1 amide bonds. The second-order valence-corrected chi connectivity index (χ2v) is 5.81. The van der Waals surface area contributed by atoms with Crippen molar-refractivity contribution in [1.82, 2.24) is 4.90 Å². The number of benzene rings is 1. The van der Waals surface area contributed by atoms with Gasteiger partial charge < -0.3 is 10.0 Å². The van der Waals surface area contributed by atoms with E-state index in [4.69, 9.17) is 28.3 Å². The lowest BCUT2D eigenvalue weighted by Crippen LogP contribution is -2.28. The van der Waals surface area contributed by atoms with Crippen LogP contribution in [-0.2, 0) is 16.1 Å². The van der Waals surface area contributed by atoms with Gasteiger partial charge in [0.2, 0.25) is 5.91 Å². The molecule has 1 atom stereocenters. The lowest BCUT2D eigenvalue weighted by Gasteiger charge is -2.19. The summed E-state index contributed by atoms with van der Waals surface area (Å²) in [6.45, 7) is 2.13. The Hall–Kier alpha value is -1.26. The standard InChI is InChI=1S/C14H17Cl2NO3/c1-9(4-14(19)20)3-13(18)17(2)8-10-5-11(15)7-12(16)6-10/h5-7,9H,3-4,8H2,1-2H3,(H,19,20). The first-order valence-corrected chi connectivity index (χ1v) is 6.94. The molecule has 0 fully saturated rings. The van der Waals surface area contributed by atoms with Gasteiger partial charge in [0.05, 0.1) is 0 Å². The molecular formula is C14H17Cl2NO3. The van der Waals surface area contributed by atoms with Crippen LogP contribution in [0.25, 0.3) is 0 Å². The van der Waals surface area contributed by atoms with E-state index in [1.807, 2.05) is 0 Å². The number of halogens is 2. The van der Waals surface area contributed by atoms with Crippen molar-refractivity contribution < 1.29 is 14.7 Å². The third kappa shape index (κ3) is 5.80. The van der Waals surface area contributed by atoms with E-state index < -0.39 is 5.97 Å². The summed E-state index contributed by atoms with van der Waals surface area (Å²) in [7, 11) is 1.67. The van der Waals surface area contributed by atoms with Gasteiger partial charge in [0, 0.05) is 36.5 Å². The molecule has 6 heteroatoms. The van der Waals surface area contributed by atoms with Gasteiger partial charge in [-0.2, -0.15) is 0 Å². The molecule has 1 rings (SSSR count). The summed E-state index contributed by atoms with van der Waals surface area (Å²) in [6, 6.07) is 5.12. The second kappa shape index (κ2) is 7.50. The van der Waals surface area contributed by atoms with Gasteiger partial charge in [-0.15, -0.1) is 0 Å². The predicted octanol–water partition coefficient (Wildman–Crippen LogP) is 3.45. The Morgan fingerprint density at radius 3 is 2.25 bits per heavy atom. The first-order valence-electron chi connectivity index (χ1n) is 6.18. The minimum atomic E-state index is -0.894. The SMILES string of the molecule is CC(CC(=O)O)CC(=O)N(C)Cc1cc(Cl)cc(Cl)c1. The van der Waals surface area contributed by atoms with Crippen molar-refractivity contribution in [3.05, 3.63) is 33.8 Å². The van der Waals surface area contributed by atoms with Crippen LogP contribution >= 0.6 is 23.2 Å². The molecule has 0 saturated carbocycles. The Labute approximate surface area is 128 Å². The first-order chi connectivity index (χ1) is 9.27. The van der Waals surface area contributed by atoms with Crippen molar-refractivity contribution in [3.63, 3.8) is 0 Å². The maximum atomic E-state index is 12.0. The summed E-state index contributed by atoms with van der Waals surface area (Å²) in [5.41, 5.74) is 0.837. The molecule has 0 radical (unpaired) electrons. The minimum Gasteiger partial charge on any atom is -0.481 e. The van der Waals surface area contributed by atoms with Crippen LogP contribution in [0.2, 0.25) is 10.0 Å². The Bertz CT molecular complexity index is 485. The van der Waals surface area contributed by atoms with Crippen LogP contribution in [0.1, 0.15) is 25.3 Å². The molecular weight excluding hydrogens is 301 g/mol. The van der Waals surface area contributed by atoms with Crippen LogP contribution in [0.5, 0.6) is 0 Å². The highest BCUT2D eigenvalue weighted by molar-refractivity contribution is 6.34. The van der Waals surface area contributed by atoms with Gasteiger partial charge in [0.15, 0.2) is 0 Å². The Kier molecular flexibility index (Phi) is 6.30. The molecule has 1 N–H and O–H groups in total. The maximum absolute atomic E-state index is 12.0. The fraction of sp³-hybridized carbons (Fsp3) is 0.429. The van der Waals surface area contributed by atoms with E-state index >= 15 is 0 Å². The topological polar surface area (TPSA) is 57.6 Å². The van der Waals surface area contributed by atoms with Crippen molar-refractivity contribution in [2.75, 3.05) is 7.05 Å². The summed E-state index contributed by atoms with van der Waals surface area (Å²) in [4.78, 5) is 24.1. The quantitative estimate of drug-likeness (QED) is 0.874. The first kappa shape index (κ1) is 16.8. The van der Waals surface area contributed by atoms with Crippen molar-refractivity contribution >= 4 is 35.1 Å². The van der Waals surface area contributed by atoms with Crippen LogP contribution in [0.3, 0.4) is 0 Å². The minimum absolute atomic E-state index is 0.0113. The van der Waals surface area contributed by atoms with Gasteiger partial charge in [-0.3, -0.25) is 9.59 Å². The number of carboxylic acids is 1. The van der Waals surface area contributed by atoms with Crippen LogP contribution in [-0.4, -0.2) is 28.9 Å². The van der Waals surface area contributed by atoms with Gasteiger partial charge in [0.1, 0.15) is 0 Å². The number of carbonyl (C=O) groups excluding carboxylic acids is 1. The second-order valence-electron chi connectivity index (χ2n) is 4.93.